The van der Waals surface area contributed by atoms with Crippen molar-refractivity contribution in [1.82, 2.24) is 37.2 Å². The summed E-state index contributed by atoms with van der Waals surface area (Å²) in [7, 11) is 0. The number of aliphatic hydroxyl groups excluding tert-OH is 3. The van der Waals surface area contributed by atoms with Gasteiger partial charge in [-0.2, -0.15) is 5.26 Å². The Hall–Kier alpha value is -11.6. The largest absolute Gasteiger partial charge is 0.481 e. The van der Waals surface area contributed by atoms with Crippen LogP contribution in [0.15, 0.2) is 137 Å². The number of ether oxygens (including phenoxy) is 6. The summed E-state index contributed by atoms with van der Waals surface area (Å²) in [4.78, 5) is 190. The molecule has 2 saturated heterocycles. The van der Waals surface area contributed by atoms with Crippen LogP contribution in [-0.4, -0.2) is 219 Å². The molecule has 5 aliphatic rings. The van der Waals surface area contributed by atoms with Crippen LogP contribution in [-0.2, 0) is 87.6 Å². The van der Waals surface area contributed by atoms with Crippen molar-refractivity contribution in [3.63, 3.8) is 0 Å². The topological polar surface area (TPSA) is 577 Å². The van der Waals surface area contributed by atoms with Gasteiger partial charge in [-0.25, -0.2) is 9.59 Å². The van der Waals surface area contributed by atoms with E-state index in [9.17, 15) is 78.7 Å². The summed E-state index contributed by atoms with van der Waals surface area (Å²) >= 11 is 0. The van der Waals surface area contributed by atoms with Crippen molar-refractivity contribution in [2.75, 3.05) is 26.2 Å². The Morgan fingerprint density at radius 3 is 1.90 bits per heavy atom. The molecule has 7 amide bonds. The van der Waals surface area contributed by atoms with Gasteiger partial charge in [0.1, 0.15) is 53.8 Å². The van der Waals surface area contributed by atoms with Crippen molar-refractivity contribution in [2.45, 2.75) is 270 Å². The van der Waals surface area contributed by atoms with E-state index in [4.69, 9.17) is 45.6 Å². The maximum absolute atomic E-state index is 16.2. The maximum Gasteiger partial charge on any atom is 0.350 e. The van der Waals surface area contributed by atoms with Crippen LogP contribution < -0.4 is 54.4 Å². The molecular formula is C95H128N12O24. The first-order chi connectivity index (χ1) is 61.5. The van der Waals surface area contributed by atoms with Crippen LogP contribution in [0.3, 0.4) is 0 Å². The summed E-state index contributed by atoms with van der Waals surface area (Å²) in [6.45, 7) is 20.0. The number of carbonyl (C=O) groups is 13. The Morgan fingerprint density at radius 2 is 1.32 bits per heavy atom. The number of rotatable bonds is 37. The van der Waals surface area contributed by atoms with E-state index < -0.39 is 232 Å². The first kappa shape index (κ1) is 103. The van der Waals surface area contributed by atoms with E-state index in [1.54, 1.807) is 118 Å². The number of nitrogens with zero attached hydrogens (tertiary/aromatic N) is 2. The Morgan fingerprint density at radius 1 is 0.725 bits per heavy atom. The number of unbranched alkanes of at least 4 members (excludes halogenated alkanes) is 1. The van der Waals surface area contributed by atoms with Gasteiger partial charge >= 0.3 is 29.8 Å². The smallest absolute Gasteiger partial charge is 0.350 e. The van der Waals surface area contributed by atoms with Gasteiger partial charge < -0.3 is 103 Å². The van der Waals surface area contributed by atoms with E-state index in [2.05, 4.69) is 48.3 Å². The van der Waals surface area contributed by atoms with Gasteiger partial charge in [0.15, 0.2) is 24.1 Å². The SMILES string of the molecule is CC(=O)O[C@H]1C(=O)[C@@]2(C)[C@H]([C@H](OC(=O)c3ccccc3)[C@]3(O)C[C@H](OC(=O)[C@H](OC(=O)CCC(C)(C#N)C(C)(C)C(CC(C)(C)C(C)(C)CCC(=O)NCCCCC4NC(=O)C(Cc5ccccc5)NC(=O)C(CC(=O)O)NC(=O)CNC(O)C(CCCN=C(N)N)NC4=O)C(N)=O)[C@@H](NC(=O)c4ccccc4)c4ccccc4)C(C)=C1C3(C)C)[C@]1(OC(C)O)CO[C@@H]1C[C@@H]2O. The number of nitrogens with two attached hydrogens (primary N) is 3. The number of hydrogen-bond donors (Lipinski definition) is 15. The van der Waals surface area contributed by atoms with E-state index in [0.29, 0.717) is 5.56 Å². The summed E-state index contributed by atoms with van der Waals surface area (Å²) in [6, 6.07) is 27.3. The van der Waals surface area contributed by atoms with Crippen LogP contribution in [0.25, 0.3) is 0 Å². The molecule has 3 aliphatic carbocycles. The number of ketones is 1. The number of fused-ring (bicyclic) bond motifs is 5. The average Bonchev–Trinajstić information content (AvgIpc) is 0.667. The molecule has 0 aromatic heterocycles. The molecular weight excluding hydrogens is 1690 g/mol. The van der Waals surface area contributed by atoms with Gasteiger partial charge in [0.2, 0.25) is 41.5 Å². The molecule has 36 nitrogen and oxygen atoms in total. The number of carbonyl (C=O) groups excluding carboxylic acids is 12. The van der Waals surface area contributed by atoms with Crippen molar-refractivity contribution in [1.29, 1.82) is 5.26 Å². The highest BCUT2D eigenvalue weighted by Crippen LogP contribution is 2.65. The predicted octanol–water partition coefficient (Wildman–Crippen LogP) is 4.66. The third-order valence-corrected chi connectivity index (χ3v) is 28.0. The van der Waals surface area contributed by atoms with E-state index in [1.807, 2.05) is 27.7 Å². The second kappa shape index (κ2) is 43.2. The van der Waals surface area contributed by atoms with E-state index in [-0.39, 0.29) is 130 Å². The number of carboxylic acid groups (broad SMARTS) is 1. The summed E-state index contributed by atoms with van der Waals surface area (Å²) in [6.07, 6.45) is -15.8. The van der Waals surface area contributed by atoms with E-state index in [1.165, 1.54) is 58.9 Å². The zero-order valence-electron chi connectivity index (χ0n) is 76.6. The number of hydrogen-bond acceptors (Lipinski definition) is 26. The molecule has 4 fully saturated rings. The lowest BCUT2D eigenvalue weighted by Crippen LogP contribution is -2.82. The standard InChI is InChI=1S/C95H128N12O24/c1-53-65(49-95(125)78(130-85(123)59-35-24-17-25-36-59)76-93(13,66(110)47-67-94(76,52-126-67)131-55(3)109)77(116)74(127-54(2)108)72(53)91(95,10)11)128-86(124)75(73(57-31-20-15-21-32-57)107-80(118)58-33-22-16-23-34-58)129-71(115)40-42-92(12,51-96)90(8,9)60(79(97)117)48-89(6,7)88(4,5)41-39-68(111)100-43-27-26-37-62-82(120)104-61(38-28-44-101-87(98)99)81(119)102-50-69(112)103-64(46-70(113)114)84(122)106-63(83(121)105-62)45-56-29-18-14-19-30-56/h14-25,29-36,55,60-67,73-76,78,81,102,109-110,119,125H,26-28,37-50,52H2,1-13H3,(H2,97,117)(H,100,111)(H,103,112)(H,104,120)(H,105,121)(H,106,122)(H,107,118)(H,113,114)(H4,98,99,101)/t55?,60?,61?,62?,63?,64?,65-,66-,67+,73-,74+,75+,76-,78-,81?,92?,93+,94-,95+/m0/s1. The van der Waals surface area contributed by atoms with Crippen molar-refractivity contribution in [2.24, 2.45) is 66.5 Å². The number of primary amides is 1. The summed E-state index contributed by atoms with van der Waals surface area (Å²) in [5.74, 6) is -15.2. The van der Waals surface area contributed by atoms with E-state index in [0.717, 1.165) is 6.92 Å². The minimum absolute atomic E-state index is 0.00699. The minimum atomic E-state index is -2.58. The van der Waals surface area contributed by atoms with Gasteiger partial charge in [0, 0.05) is 74.9 Å². The molecule has 2 saturated carbocycles. The molecule has 36 heteroatoms. The van der Waals surface area contributed by atoms with Crippen LogP contribution in [0.2, 0.25) is 0 Å². The molecule has 9 rings (SSSR count). The fraction of sp³-hybridized carbons (Fsp3) is 0.568. The highest BCUT2D eigenvalue weighted by atomic mass is 16.7. The highest BCUT2D eigenvalue weighted by Gasteiger charge is 2.78. The number of carboxylic acids is 1. The fourth-order valence-corrected chi connectivity index (χ4v) is 18.8. The first-order valence-electron chi connectivity index (χ1n) is 44.3. The number of benzene rings is 4. The van der Waals surface area contributed by atoms with Gasteiger partial charge in [-0.3, -0.25) is 63.0 Å². The summed E-state index contributed by atoms with van der Waals surface area (Å²) in [5, 5.41) is 89.4. The lowest BCUT2D eigenvalue weighted by Gasteiger charge is -2.68. The van der Waals surface area contributed by atoms with Crippen molar-refractivity contribution in [3.8, 4) is 6.07 Å². The second-order valence-corrected chi connectivity index (χ2v) is 37.8. The quantitative estimate of drug-likeness (QED) is 0.00555. The van der Waals surface area contributed by atoms with Gasteiger partial charge in [-0.1, -0.05) is 152 Å². The minimum Gasteiger partial charge on any atom is -0.481 e. The third kappa shape index (κ3) is 23.8. The van der Waals surface area contributed by atoms with Crippen LogP contribution in [0, 0.1) is 55.7 Å². The molecule has 4 aromatic carbocycles. The van der Waals surface area contributed by atoms with Gasteiger partial charge in [0.05, 0.1) is 60.3 Å². The van der Waals surface area contributed by atoms with Crippen LogP contribution in [0.4, 0.5) is 0 Å². The number of amides is 7. The lowest BCUT2D eigenvalue weighted by atomic mass is 9.44. The van der Waals surface area contributed by atoms with Crippen molar-refractivity contribution in [3.05, 3.63) is 155 Å². The number of aliphatic carboxylic acids is 1. The molecule has 2 aliphatic heterocycles. The number of nitriles is 1. The zero-order chi connectivity index (χ0) is 96.7. The molecule has 18 N–H and O–H groups in total. The highest BCUT2D eigenvalue weighted by molar-refractivity contribution is 5.98. The number of aliphatic hydroxyl groups is 4. The molecule has 2 bridgehead atoms. The Kier molecular flexibility index (Phi) is 34.0. The van der Waals surface area contributed by atoms with Gasteiger partial charge in [-0.15, -0.1) is 0 Å². The molecule has 2 heterocycles. The van der Waals surface area contributed by atoms with E-state index >= 15 is 14.4 Å². The molecule has 0 radical (unpaired) electrons. The van der Waals surface area contributed by atoms with Gasteiger partial charge in [-0.05, 0) is 142 Å². The molecule has 4 aromatic rings. The van der Waals surface area contributed by atoms with Gasteiger partial charge in [0.25, 0.3) is 5.91 Å². The number of aliphatic imine (C=N–C) groups is 1. The molecule has 131 heavy (non-hydrogen) atoms. The second-order valence-electron chi connectivity index (χ2n) is 37.8. The molecule has 8 unspecified atom stereocenters. The maximum atomic E-state index is 16.2. The number of guanidine groups is 1. The Balaban J connectivity index is 0.941. The first-order valence-corrected chi connectivity index (χ1v) is 44.3. The fourth-order valence-electron chi connectivity index (χ4n) is 18.8. The summed E-state index contributed by atoms with van der Waals surface area (Å²) in [5.41, 5.74) is 5.21. The summed E-state index contributed by atoms with van der Waals surface area (Å²) < 4.78 is 38.0. The number of esters is 4. The van der Waals surface area contributed by atoms with Crippen LogP contribution in [0.5, 0.6) is 0 Å². The van der Waals surface area contributed by atoms with Crippen LogP contribution >= 0.6 is 0 Å². The third-order valence-electron chi connectivity index (χ3n) is 28.0. The predicted molar refractivity (Wildman–Crippen MR) is 474 cm³/mol. The van der Waals surface area contributed by atoms with Crippen molar-refractivity contribution >= 4 is 82.9 Å². The average molecular weight is 1820 g/mol. The zero-order valence-corrected chi connectivity index (χ0v) is 76.6. The number of nitrogens with one attached hydrogen (secondary N) is 7. The Labute approximate surface area is 762 Å². The normalized spacial score (nSPS) is 26.7. The molecule has 712 valence electrons. The monoisotopic (exact) mass is 1820 g/mol. The van der Waals surface area contributed by atoms with Crippen molar-refractivity contribution < 1.29 is 116 Å². The molecule has 19 atom stereocenters. The lowest BCUT2D eigenvalue weighted by molar-refractivity contribution is -0.380. The Bertz CT molecular complexity index is 4910. The number of Topliss-reactive ketones (excluding diaryl/α,β-unsaturated/α-hetero) is 1. The molecule has 0 spiro atoms. The van der Waals surface area contributed by atoms with Crippen LogP contribution in [0.1, 0.15) is 211 Å².